The molecule has 2 aromatic rings. The summed E-state index contributed by atoms with van der Waals surface area (Å²) in [6.07, 6.45) is 1.69. The molecule has 26 heavy (non-hydrogen) atoms. The van der Waals surface area contributed by atoms with Crippen molar-refractivity contribution >= 4 is 17.3 Å². The number of amides is 1. The Balaban J connectivity index is 1.68. The maximum Gasteiger partial charge on any atom is 0.251 e. The summed E-state index contributed by atoms with van der Waals surface area (Å²) in [6.45, 7) is 2.74. The van der Waals surface area contributed by atoms with Gasteiger partial charge in [-0.2, -0.15) is 0 Å². The number of rotatable bonds is 5. The predicted molar refractivity (Wildman–Crippen MR) is 99.2 cm³/mol. The molecule has 1 amide bonds. The van der Waals surface area contributed by atoms with Crippen LogP contribution in [0.15, 0.2) is 36.5 Å². The second-order valence-corrected chi connectivity index (χ2v) is 6.31. The molecule has 1 aromatic carbocycles. The number of ether oxygens (including phenoxy) is 1. The van der Waals surface area contributed by atoms with E-state index in [1.807, 2.05) is 36.0 Å². The molecule has 0 spiro atoms. The Morgan fingerprint density at radius 2 is 2.08 bits per heavy atom. The van der Waals surface area contributed by atoms with E-state index >= 15 is 0 Å². The number of nitrogens with zero attached hydrogens (tertiary/aromatic N) is 3. The topological polar surface area (TPSA) is 57.7 Å². The molecular weight excluding hydrogens is 335 g/mol. The summed E-state index contributed by atoms with van der Waals surface area (Å²) in [5, 5.41) is 2.81. The number of halogens is 1. The van der Waals surface area contributed by atoms with Gasteiger partial charge in [-0.15, -0.1) is 0 Å². The normalized spacial score (nSPS) is 14.2. The van der Waals surface area contributed by atoms with Crippen molar-refractivity contribution < 1.29 is 13.9 Å². The summed E-state index contributed by atoms with van der Waals surface area (Å²) in [5.74, 6) is -0.723. The van der Waals surface area contributed by atoms with Crippen LogP contribution in [-0.4, -0.2) is 51.3 Å². The quantitative estimate of drug-likeness (QED) is 0.887. The zero-order valence-corrected chi connectivity index (χ0v) is 15.0. The molecule has 0 radical (unpaired) electrons. The van der Waals surface area contributed by atoms with E-state index < -0.39 is 5.82 Å². The third-order valence-electron chi connectivity index (χ3n) is 4.33. The Morgan fingerprint density at radius 3 is 2.77 bits per heavy atom. The maximum absolute atomic E-state index is 14.4. The standard InChI is InChI=1S/C19H23FN4O2/c1-23(2)18-4-3-7-21-16(18)13-22-19(25)14-5-6-17(15(20)12-14)24-8-10-26-11-9-24/h3-7,12H,8-11,13H2,1-2H3,(H,22,25). The SMILES string of the molecule is CN(C)c1cccnc1CNC(=O)c1ccc(N2CCOCC2)c(F)c1. The molecule has 2 heterocycles. The van der Waals surface area contributed by atoms with E-state index in [1.54, 1.807) is 18.3 Å². The van der Waals surface area contributed by atoms with Crippen molar-refractivity contribution in [1.82, 2.24) is 10.3 Å². The van der Waals surface area contributed by atoms with E-state index in [1.165, 1.54) is 6.07 Å². The highest BCUT2D eigenvalue weighted by molar-refractivity contribution is 5.94. The molecule has 1 aliphatic rings. The zero-order chi connectivity index (χ0) is 18.5. The first-order valence-corrected chi connectivity index (χ1v) is 8.58. The lowest BCUT2D eigenvalue weighted by molar-refractivity contribution is 0.0950. The fraction of sp³-hybridized carbons (Fsp3) is 0.368. The second-order valence-electron chi connectivity index (χ2n) is 6.31. The second kappa shape index (κ2) is 8.14. The van der Waals surface area contributed by atoms with Gasteiger partial charge in [0.05, 0.1) is 36.8 Å². The highest BCUT2D eigenvalue weighted by Gasteiger charge is 2.17. The number of hydrogen-bond donors (Lipinski definition) is 1. The first kappa shape index (κ1) is 18.1. The first-order chi connectivity index (χ1) is 12.6. The average molecular weight is 358 g/mol. The van der Waals surface area contributed by atoms with Gasteiger partial charge in [0, 0.05) is 38.9 Å². The monoisotopic (exact) mass is 358 g/mol. The van der Waals surface area contributed by atoms with Gasteiger partial charge in [-0.05, 0) is 30.3 Å². The lowest BCUT2D eigenvalue weighted by Crippen LogP contribution is -2.36. The van der Waals surface area contributed by atoms with E-state index in [0.29, 0.717) is 37.6 Å². The molecule has 6 nitrogen and oxygen atoms in total. The van der Waals surface area contributed by atoms with Crippen LogP contribution in [0.2, 0.25) is 0 Å². The number of nitrogens with one attached hydrogen (secondary N) is 1. The predicted octanol–water partition coefficient (Wildman–Crippen LogP) is 2.05. The number of pyridine rings is 1. The van der Waals surface area contributed by atoms with Crippen LogP contribution in [0, 0.1) is 5.82 Å². The molecule has 0 unspecified atom stereocenters. The van der Waals surface area contributed by atoms with Crippen molar-refractivity contribution in [1.29, 1.82) is 0 Å². The molecule has 1 aromatic heterocycles. The van der Waals surface area contributed by atoms with Crippen LogP contribution >= 0.6 is 0 Å². The number of anilines is 2. The van der Waals surface area contributed by atoms with E-state index in [0.717, 1.165) is 11.4 Å². The molecular formula is C19H23FN4O2. The number of benzene rings is 1. The van der Waals surface area contributed by atoms with Gasteiger partial charge < -0.3 is 19.9 Å². The van der Waals surface area contributed by atoms with Crippen LogP contribution in [0.3, 0.4) is 0 Å². The molecule has 1 fully saturated rings. The molecule has 3 rings (SSSR count). The third kappa shape index (κ3) is 4.11. The van der Waals surface area contributed by atoms with Gasteiger partial charge in [0.2, 0.25) is 0 Å². The fourth-order valence-electron chi connectivity index (χ4n) is 2.95. The van der Waals surface area contributed by atoms with Crippen LogP contribution in [0.1, 0.15) is 16.1 Å². The maximum atomic E-state index is 14.4. The zero-order valence-electron chi connectivity index (χ0n) is 15.0. The van der Waals surface area contributed by atoms with Gasteiger partial charge in [0.25, 0.3) is 5.91 Å². The molecule has 0 aliphatic carbocycles. The minimum absolute atomic E-state index is 0.278. The highest BCUT2D eigenvalue weighted by Crippen LogP contribution is 2.22. The van der Waals surface area contributed by atoms with Crippen molar-refractivity contribution in [3.8, 4) is 0 Å². The minimum atomic E-state index is -0.397. The van der Waals surface area contributed by atoms with E-state index in [4.69, 9.17) is 4.74 Å². The Morgan fingerprint density at radius 1 is 1.31 bits per heavy atom. The van der Waals surface area contributed by atoms with Gasteiger partial charge in [-0.1, -0.05) is 0 Å². The number of hydrogen-bond acceptors (Lipinski definition) is 5. The Bertz CT molecular complexity index is 776. The molecule has 1 N–H and O–H groups in total. The van der Waals surface area contributed by atoms with Crippen molar-refractivity contribution in [2.45, 2.75) is 6.54 Å². The number of carbonyl (C=O) groups is 1. The Hall–Kier alpha value is -2.67. The number of aromatic nitrogens is 1. The molecule has 0 bridgehead atoms. The van der Waals surface area contributed by atoms with Crippen LogP contribution in [0.25, 0.3) is 0 Å². The van der Waals surface area contributed by atoms with Crippen LogP contribution in [-0.2, 0) is 11.3 Å². The molecule has 138 valence electrons. The Kier molecular flexibility index (Phi) is 5.68. The third-order valence-corrected chi connectivity index (χ3v) is 4.33. The van der Waals surface area contributed by atoms with E-state index in [9.17, 15) is 9.18 Å². The Labute approximate surface area is 152 Å². The van der Waals surface area contributed by atoms with Crippen molar-refractivity contribution in [2.75, 3.05) is 50.2 Å². The molecule has 0 atom stereocenters. The van der Waals surface area contributed by atoms with Crippen LogP contribution in [0.4, 0.5) is 15.8 Å². The highest BCUT2D eigenvalue weighted by atomic mass is 19.1. The van der Waals surface area contributed by atoms with Crippen LogP contribution in [0.5, 0.6) is 0 Å². The first-order valence-electron chi connectivity index (χ1n) is 8.58. The van der Waals surface area contributed by atoms with Gasteiger partial charge in [0.1, 0.15) is 5.82 Å². The van der Waals surface area contributed by atoms with Gasteiger partial charge in [-0.3, -0.25) is 9.78 Å². The minimum Gasteiger partial charge on any atom is -0.378 e. The largest absolute Gasteiger partial charge is 0.378 e. The lowest BCUT2D eigenvalue weighted by Gasteiger charge is -2.29. The summed E-state index contributed by atoms with van der Waals surface area (Å²) < 4.78 is 19.7. The molecule has 7 heteroatoms. The summed E-state index contributed by atoms with van der Waals surface area (Å²) in [7, 11) is 3.84. The summed E-state index contributed by atoms with van der Waals surface area (Å²) in [4.78, 5) is 20.6. The number of morpholine rings is 1. The van der Waals surface area contributed by atoms with Crippen molar-refractivity contribution in [3.05, 3.63) is 53.6 Å². The summed E-state index contributed by atoms with van der Waals surface area (Å²) >= 11 is 0. The van der Waals surface area contributed by atoms with Crippen LogP contribution < -0.4 is 15.1 Å². The van der Waals surface area contributed by atoms with Gasteiger partial charge in [-0.25, -0.2) is 4.39 Å². The fourth-order valence-corrected chi connectivity index (χ4v) is 2.95. The van der Waals surface area contributed by atoms with Gasteiger partial charge in [0.15, 0.2) is 0 Å². The van der Waals surface area contributed by atoms with E-state index in [2.05, 4.69) is 10.3 Å². The average Bonchev–Trinajstić information content (AvgIpc) is 2.66. The van der Waals surface area contributed by atoms with Gasteiger partial charge >= 0.3 is 0 Å². The molecule has 1 aliphatic heterocycles. The number of carbonyl (C=O) groups excluding carboxylic acids is 1. The van der Waals surface area contributed by atoms with E-state index in [-0.39, 0.29) is 12.5 Å². The molecule has 0 saturated carbocycles. The van der Waals surface area contributed by atoms with Crippen molar-refractivity contribution in [3.63, 3.8) is 0 Å². The molecule has 1 saturated heterocycles. The van der Waals surface area contributed by atoms with Crippen molar-refractivity contribution in [2.24, 2.45) is 0 Å². The summed E-state index contributed by atoms with van der Waals surface area (Å²) in [5.41, 5.74) is 2.49. The smallest absolute Gasteiger partial charge is 0.251 e. The lowest BCUT2D eigenvalue weighted by atomic mass is 10.1. The summed E-state index contributed by atoms with van der Waals surface area (Å²) in [6, 6.07) is 8.37.